The Morgan fingerprint density at radius 3 is 2.52 bits per heavy atom. The van der Waals surface area contributed by atoms with Crippen LogP contribution in [-0.4, -0.2) is 21.7 Å². The fourth-order valence-electron chi connectivity index (χ4n) is 2.88. The Morgan fingerprint density at radius 2 is 1.95 bits per heavy atom. The number of carbonyl (C=O) groups is 1. The van der Waals surface area contributed by atoms with Gasteiger partial charge in [-0.3, -0.25) is 9.48 Å². The first kappa shape index (κ1) is 14.4. The molecule has 3 rings (SSSR count). The van der Waals surface area contributed by atoms with Crippen LogP contribution in [0.4, 0.5) is 13.2 Å². The Balaban J connectivity index is 1.71. The molecule has 0 aromatic carbocycles. The number of rotatable bonds is 4. The lowest BCUT2D eigenvalue weighted by atomic mass is 10.2. The second-order valence-electron chi connectivity index (χ2n) is 5.93. The Labute approximate surface area is 120 Å². The lowest BCUT2D eigenvalue weighted by molar-refractivity contribution is -0.141. The summed E-state index contributed by atoms with van der Waals surface area (Å²) in [6.45, 7) is -0.127. The van der Waals surface area contributed by atoms with Gasteiger partial charge in [0.1, 0.15) is 6.54 Å². The zero-order valence-corrected chi connectivity index (χ0v) is 11.6. The van der Waals surface area contributed by atoms with E-state index in [2.05, 4.69) is 10.4 Å². The minimum atomic E-state index is -4.46. The maximum atomic E-state index is 12.8. The van der Waals surface area contributed by atoms with Crippen molar-refractivity contribution in [1.29, 1.82) is 0 Å². The summed E-state index contributed by atoms with van der Waals surface area (Å²) in [4.78, 5) is 12.0. The molecule has 2 aliphatic rings. The molecule has 21 heavy (non-hydrogen) atoms. The van der Waals surface area contributed by atoms with E-state index in [0.717, 1.165) is 44.6 Å². The molecule has 4 nitrogen and oxygen atoms in total. The number of hydrogen-bond acceptors (Lipinski definition) is 2. The number of amides is 1. The lowest BCUT2D eigenvalue weighted by Gasteiger charge is -2.13. The zero-order valence-electron chi connectivity index (χ0n) is 11.6. The number of carbonyl (C=O) groups excluding carboxylic acids is 1. The molecule has 1 aromatic rings. The van der Waals surface area contributed by atoms with Crippen LogP contribution in [0.5, 0.6) is 0 Å². The summed E-state index contributed by atoms with van der Waals surface area (Å²) in [5.41, 5.74) is -0.373. The molecule has 1 N–H and O–H groups in total. The van der Waals surface area contributed by atoms with Gasteiger partial charge in [-0.2, -0.15) is 18.3 Å². The Kier molecular flexibility index (Phi) is 3.67. The summed E-state index contributed by atoms with van der Waals surface area (Å²) in [7, 11) is 0. The van der Waals surface area contributed by atoms with Crippen molar-refractivity contribution in [2.45, 2.75) is 63.2 Å². The van der Waals surface area contributed by atoms with Gasteiger partial charge < -0.3 is 5.32 Å². The number of hydrogen-bond donors (Lipinski definition) is 1. The van der Waals surface area contributed by atoms with E-state index in [9.17, 15) is 18.0 Å². The van der Waals surface area contributed by atoms with Crippen LogP contribution in [0.25, 0.3) is 0 Å². The van der Waals surface area contributed by atoms with Crippen LogP contribution in [0.15, 0.2) is 6.07 Å². The summed E-state index contributed by atoms with van der Waals surface area (Å²) >= 11 is 0. The van der Waals surface area contributed by atoms with Gasteiger partial charge in [0.2, 0.25) is 5.91 Å². The smallest absolute Gasteiger partial charge is 0.352 e. The van der Waals surface area contributed by atoms with Gasteiger partial charge in [-0.15, -0.1) is 0 Å². The minimum absolute atomic E-state index is 0.118. The van der Waals surface area contributed by atoms with Crippen molar-refractivity contribution in [3.8, 4) is 0 Å². The van der Waals surface area contributed by atoms with Crippen molar-refractivity contribution in [1.82, 2.24) is 15.1 Å². The molecular formula is C14H18F3N3O. The molecule has 0 aliphatic heterocycles. The van der Waals surface area contributed by atoms with Crippen molar-refractivity contribution in [2.24, 2.45) is 0 Å². The van der Waals surface area contributed by atoms with Gasteiger partial charge in [0, 0.05) is 17.7 Å². The molecule has 0 atom stereocenters. The molecule has 2 saturated carbocycles. The molecular weight excluding hydrogens is 283 g/mol. The molecule has 0 spiro atoms. The van der Waals surface area contributed by atoms with Crippen molar-refractivity contribution in [2.75, 3.05) is 0 Å². The standard InChI is InChI=1S/C14H18F3N3O/c15-14(16,17)12-7-11(9-5-6-9)20(19-12)8-13(21)18-10-3-1-2-4-10/h7,9-10H,1-6,8H2,(H,18,21). The Morgan fingerprint density at radius 1 is 1.29 bits per heavy atom. The minimum Gasteiger partial charge on any atom is -0.352 e. The quantitative estimate of drug-likeness (QED) is 0.929. The van der Waals surface area contributed by atoms with E-state index in [-0.39, 0.29) is 24.4 Å². The molecule has 116 valence electrons. The van der Waals surface area contributed by atoms with Crippen LogP contribution < -0.4 is 5.32 Å². The van der Waals surface area contributed by atoms with Gasteiger partial charge in [0.15, 0.2) is 5.69 Å². The maximum absolute atomic E-state index is 12.8. The van der Waals surface area contributed by atoms with Crippen LogP contribution >= 0.6 is 0 Å². The number of alkyl halides is 3. The van der Waals surface area contributed by atoms with Crippen LogP contribution in [0.2, 0.25) is 0 Å². The van der Waals surface area contributed by atoms with Gasteiger partial charge in [-0.25, -0.2) is 0 Å². The topological polar surface area (TPSA) is 46.9 Å². The summed E-state index contributed by atoms with van der Waals surface area (Å²) in [6, 6.07) is 1.25. The highest BCUT2D eigenvalue weighted by molar-refractivity contribution is 5.76. The van der Waals surface area contributed by atoms with Gasteiger partial charge >= 0.3 is 6.18 Å². The monoisotopic (exact) mass is 301 g/mol. The summed E-state index contributed by atoms with van der Waals surface area (Å²) in [6.07, 6.45) is 1.37. The summed E-state index contributed by atoms with van der Waals surface area (Å²) in [5, 5.41) is 6.47. The fourth-order valence-corrected chi connectivity index (χ4v) is 2.88. The number of nitrogens with zero attached hydrogens (tertiary/aromatic N) is 2. The van der Waals surface area contributed by atoms with Crippen LogP contribution in [0.1, 0.15) is 55.8 Å². The second kappa shape index (κ2) is 5.35. The molecule has 1 aromatic heterocycles. The SMILES string of the molecule is O=C(Cn1nc(C(F)(F)F)cc1C1CC1)NC1CCCC1. The van der Waals surface area contributed by atoms with Crippen molar-refractivity contribution >= 4 is 5.91 Å². The average molecular weight is 301 g/mol. The predicted octanol–water partition coefficient (Wildman–Crippen LogP) is 2.84. The first-order valence-electron chi connectivity index (χ1n) is 7.38. The molecule has 1 heterocycles. The molecule has 7 heteroatoms. The van der Waals surface area contributed by atoms with E-state index in [1.807, 2.05) is 0 Å². The number of halogens is 3. The molecule has 2 fully saturated rings. The molecule has 0 bridgehead atoms. The summed E-state index contributed by atoms with van der Waals surface area (Å²) in [5.74, 6) is -0.131. The third kappa shape index (κ3) is 3.39. The predicted molar refractivity (Wildman–Crippen MR) is 69.6 cm³/mol. The Hall–Kier alpha value is -1.53. The van der Waals surface area contributed by atoms with E-state index in [1.165, 1.54) is 4.68 Å². The maximum Gasteiger partial charge on any atom is 0.435 e. The van der Waals surface area contributed by atoms with E-state index < -0.39 is 11.9 Å². The molecule has 2 aliphatic carbocycles. The third-order valence-corrected chi connectivity index (χ3v) is 4.11. The average Bonchev–Trinajstić information content (AvgIpc) is 2.93. The molecule has 0 unspecified atom stereocenters. The van der Waals surface area contributed by atoms with Gasteiger partial charge in [0.25, 0.3) is 0 Å². The molecule has 1 amide bonds. The van der Waals surface area contributed by atoms with Crippen LogP contribution in [-0.2, 0) is 17.5 Å². The first-order valence-corrected chi connectivity index (χ1v) is 7.38. The zero-order chi connectivity index (χ0) is 15.0. The van der Waals surface area contributed by atoms with Gasteiger partial charge in [0.05, 0.1) is 0 Å². The van der Waals surface area contributed by atoms with Gasteiger partial charge in [-0.05, 0) is 31.7 Å². The van der Waals surface area contributed by atoms with E-state index in [1.54, 1.807) is 0 Å². The fraction of sp³-hybridized carbons (Fsp3) is 0.714. The third-order valence-electron chi connectivity index (χ3n) is 4.11. The normalized spacial score (nSPS) is 20.0. The first-order chi connectivity index (χ1) is 9.93. The Bertz CT molecular complexity index is 528. The highest BCUT2D eigenvalue weighted by Crippen LogP contribution is 2.42. The van der Waals surface area contributed by atoms with Crippen molar-refractivity contribution in [3.63, 3.8) is 0 Å². The molecule has 0 radical (unpaired) electrons. The van der Waals surface area contributed by atoms with Crippen molar-refractivity contribution in [3.05, 3.63) is 17.5 Å². The van der Waals surface area contributed by atoms with E-state index in [4.69, 9.17) is 0 Å². The largest absolute Gasteiger partial charge is 0.435 e. The second-order valence-corrected chi connectivity index (χ2v) is 5.93. The lowest BCUT2D eigenvalue weighted by Crippen LogP contribution is -2.35. The molecule has 0 saturated heterocycles. The van der Waals surface area contributed by atoms with Gasteiger partial charge in [-0.1, -0.05) is 12.8 Å². The number of nitrogens with one attached hydrogen (secondary N) is 1. The highest BCUT2D eigenvalue weighted by Gasteiger charge is 2.38. The van der Waals surface area contributed by atoms with Crippen LogP contribution in [0.3, 0.4) is 0 Å². The van der Waals surface area contributed by atoms with E-state index in [0.29, 0.717) is 5.69 Å². The van der Waals surface area contributed by atoms with Crippen LogP contribution in [0, 0.1) is 0 Å². The summed E-state index contributed by atoms with van der Waals surface area (Å²) < 4.78 is 39.5. The highest BCUT2D eigenvalue weighted by atomic mass is 19.4. The van der Waals surface area contributed by atoms with Crippen molar-refractivity contribution < 1.29 is 18.0 Å². The number of aromatic nitrogens is 2. The van der Waals surface area contributed by atoms with E-state index >= 15 is 0 Å².